The van der Waals surface area contributed by atoms with Gasteiger partial charge in [-0.05, 0) is 41.4 Å². The molecule has 0 amide bonds. The van der Waals surface area contributed by atoms with Gasteiger partial charge in [0.2, 0.25) is 0 Å². The maximum atomic E-state index is 5.69. The Bertz CT molecular complexity index is 582. The molecule has 0 radical (unpaired) electrons. The minimum Gasteiger partial charge on any atom is -0.379 e. The third-order valence-corrected chi connectivity index (χ3v) is 4.30. The first-order valence-corrected chi connectivity index (χ1v) is 7.05. The van der Waals surface area contributed by atoms with Crippen LogP contribution in [-0.4, -0.2) is 20.3 Å². The molecule has 1 aliphatic heterocycles. The van der Waals surface area contributed by atoms with Crippen molar-refractivity contribution in [3.05, 3.63) is 45.9 Å². The Labute approximate surface area is 115 Å². The van der Waals surface area contributed by atoms with E-state index in [0.717, 1.165) is 19.6 Å². The second kappa shape index (κ2) is 5.00. The molecule has 0 bridgehead atoms. The summed E-state index contributed by atoms with van der Waals surface area (Å²) in [6.07, 6.45) is 0.987. The van der Waals surface area contributed by atoms with Crippen molar-refractivity contribution in [2.24, 2.45) is 0 Å². The standard InChI is InChI=1S/C15H16BrNO/c1-17-15-9-18-7-6-11-10-4-2-3-5-12(10)14(16)8-13(11)15/h2-5,8,15,17H,6-7,9H2,1H3. The molecule has 18 heavy (non-hydrogen) atoms. The predicted molar refractivity (Wildman–Crippen MR) is 78.0 cm³/mol. The molecule has 0 fully saturated rings. The Morgan fingerprint density at radius 3 is 2.83 bits per heavy atom. The van der Waals surface area contributed by atoms with Crippen molar-refractivity contribution in [2.45, 2.75) is 12.5 Å². The van der Waals surface area contributed by atoms with Crippen molar-refractivity contribution < 1.29 is 4.74 Å². The van der Waals surface area contributed by atoms with Crippen molar-refractivity contribution in [3.63, 3.8) is 0 Å². The molecule has 1 heterocycles. The summed E-state index contributed by atoms with van der Waals surface area (Å²) in [4.78, 5) is 0. The number of ether oxygens (including phenoxy) is 1. The molecule has 3 heteroatoms. The van der Waals surface area contributed by atoms with E-state index in [1.807, 2.05) is 7.05 Å². The van der Waals surface area contributed by atoms with E-state index in [1.165, 1.54) is 26.4 Å². The van der Waals surface area contributed by atoms with E-state index >= 15 is 0 Å². The highest BCUT2D eigenvalue weighted by molar-refractivity contribution is 9.10. The molecular weight excluding hydrogens is 290 g/mol. The van der Waals surface area contributed by atoms with Crippen LogP contribution in [0.15, 0.2) is 34.8 Å². The van der Waals surface area contributed by atoms with Crippen molar-refractivity contribution in [1.82, 2.24) is 5.32 Å². The lowest BCUT2D eigenvalue weighted by molar-refractivity contribution is 0.124. The van der Waals surface area contributed by atoms with Crippen LogP contribution in [0.2, 0.25) is 0 Å². The quantitative estimate of drug-likeness (QED) is 0.871. The second-order valence-corrected chi connectivity index (χ2v) is 5.49. The molecule has 1 unspecified atom stereocenters. The topological polar surface area (TPSA) is 21.3 Å². The number of nitrogens with one attached hydrogen (secondary N) is 1. The van der Waals surface area contributed by atoms with Crippen LogP contribution in [0.4, 0.5) is 0 Å². The zero-order chi connectivity index (χ0) is 12.5. The van der Waals surface area contributed by atoms with Gasteiger partial charge in [0.05, 0.1) is 19.3 Å². The number of hydrogen-bond donors (Lipinski definition) is 1. The van der Waals surface area contributed by atoms with Gasteiger partial charge in [-0.1, -0.05) is 40.2 Å². The van der Waals surface area contributed by atoms with Crippen molar-refractivity contribution in [2.75, 3.05) is 20.3 Å². The Balaban J connectivity index is 2.30. The van der Waals surface area contributed by atoms with Crippen LogP contribution >= 0.6 is 15.9 Å². The summed E-state index contributed by atoms with van der Waals surface area (Å²) in [5.74, 6) is 0. The summed E-state index contributed by atoms with van der Waals surface area (Å²) in [7, 11) is 1.99. The molecule has 0 saturated carbocycles. The van der Waals surface area contributed by atoms with Gasteiger partial charge < -0.3 is 10.1 Å². The lowest BCUT2D eigenvalue weighted by Gasteiger charge is -2.18. The maximum Gasteiger partial charge on any atom is 0.0661 e. The number of benzene rings is 2. The SMILES string of the molecule is CNC1COCCc2c1cc(Br)c1ccccc21. The summed E-state index contributed by atoms with van der Waals surface area (Å²) < 4.78 is 6.86. The molecular formula is C15H16BrNO. The van der Waals surface area contributed by atoms with Gasteiger partial charge in [-0.2, -0.15) is 0 Å². The van der Waals surface area contributed by atoms with Crippen LogP contribution in [0.25, 0.3) is 10.8 Å². The van der Waals surface area contributed by atoms with E-state index in [0.29, 0.717) is 0 Å². The molecule has 1 N–H and O–H groups in total. The van der Waals surface area contributed by atoms with E-state index in [4.69, 9.17) is 4.74 Å². The molecule has 0 saturated heterocycles. The first-order chi connectivity index (χ1) is 8.81. The summed E-state index contributed by atoms with van der Waals surface area (Å²) in [5.41, 5.74) is 2.78. The van der Waals surface area contributed by atoms with Crippen LogP contribution in [0.5, 0.6) is 0 Å². The number of hydrogen-bond acceptors (Lipinski definition) is 2. The van der Waals surface area contributed by atoms with Gasteiger partial charge in [0.15, 0.2) is 0 Å². The zero-order valence-electron chi connectivity index (χ0n) is 10.4. The summed E-state index contributed by atoms with van der Waals surface area (Å²) in [5, 5.41) is 5.97. The minimum absolute atomic E-state index is 0.281. The van der Waals surface area contributed by atoms with E-state index in [2.05, 4.69) is 51.6 Å². The smallest absolute Gasteiger partial charge is 0.0661 e. The molecule has 94 valence electrons. The zero-order valence-corrected chi connectivity index (χ0v) is 12.0. The van der Waals surface area contributed by atoms with Crippen LogP contribution in [0.3, 0.4) is 0 Å². The van der Waals surface area contributed by atoms with Crippen molar-refractivity contribution in [3.8, 4) is 0 Å². The molecule has 2 aromatic rings. The average Bonchev–Trinajstić information content (AvgIpc) is 2.61. The summed E-state index contributed by atoms with van der Waals surface area (Å²) >= 11 is 3.69. The first-order valence-electron chi connectivity index (χ1n) is 6.26. The molecule has 2 aromatic carbocycles. The van der Waals surface area contributed by atoms with Gasteiger partial charge in [-0.15, -0.1) is 0 Å². The maximum absolute atomic E-state index is 5.69. The Hall–Kier alpha value is -0.900. The van der Waals surface area contributed by atoms with E-state index in [1.54, 1.807) is 0 Å². The number of rotatable bonds is 1. The van der Waals surface area contributed by atoms with Crippen LogP contribution in [0.1, 0.15) is 17.2 Å². The highest BCUT2D eigenvalue weighted by Gasteiger charge is 2.20. The van der Waals surface area contributed by atoms with Gasteiger partial charge in [0.1, 0.15) is 0 Å². The van der Waals surface area contributed by atoms with Gasteiger partial charge in [0.25, 0.3) is 0 Å². The minimum atomic E-state index is 0.281. The monoisotopic (exact) mass is 305 g/mol. The fraction of sp³-hybridized carbons (Fsp3) is 0.333. The van der Waals surface area contributed by atoms with Crippen LogP contribution in [-0.2, 0) is 11.2 Å². The molecule has 0 spiro atoms. The van der Waals surface area contributed by atoms with Crippen molar-refractivity contribution >= 4 is 26.7 Å². The molecule has 2 nitrogen and oxygen atoms in total. The predicted octanol–water partition coefficient (Wildman–Crippen LogP) is 3.44. The Morgan fingerprint density at radius 1 is 1.28 bits per heavy atom. The van der Waals surface area contributed by atoms with Crippen LogP contribution in [0, 0.1) is 0 Å². The number of likely N-dealkylation sites (N-methyl/N-ethyl adjacent to an activating group) is 1. The number of fused-ring (bicyclic) bond motifs is 3. The van der Waals surface area contributed by atoms with E-state index in [-0.39, 0.29) is 6.04 Å². The Morgan fingerprint density at radius 2 is 2.06 bits per heavy atom. The lowest BCUT2D eigenvalue weighted by atomic mass is 9.93. The summed E-state index contributed by atoms with van der Waals surface area (Å²) in [6, 6.07) is 11.1. The third kappa shape index (κ3) is 1.96. The molecule has 0 aliphatic carbocycles. The fourth-order valence-electron chi connectivity index (χ4n) is 2.71. The first kappa shape index (κ1) is 12.2. The van der Waals surface area contributed by atoms with Crippen molar-refractivity contribution in [1.29, 1.82) is 0 Å². The third-order valence-electron chi connectivity index (χ3n) is 3.64. The summed E-state index contributed by atoms with van der Waals surface area (Å²) in [6.45, 7) is 1.55. The molecule has 1 aliphatic rings. The molecule has 0 aromatic heterocycles. The Kier molecular flexibility index (Phi) is 3.37. The van der Waals surface area contributed by atoms with Gasteiger partial charge >= 0.3 is 0 Å². The average molecular weight is 306 g/mol. The van der Waals surface area contributed by atoms with Gasteiger partial charge in [0, 0.05) is 4.47 Å². The lowest BCUT2D eigenvalue weighted by Crippen LogP contribution is -2.21. The molecule has 1 atom stereocenters. The van der Waals surface area contributed by atoms with Gasteiger partial charge in [-0.25, -0.2) is 0 Å². The second-order valence-electron chi connectivity index (χ2n) is 4.64. The van der Waals surface area contributed by atoms with Crippen LogP contribution < -0.4 is 5.32 Å². The normalized spacial score (nSPS) is 19.6. The van der Waals surface area contributed by atoms with Gasteiger partial charge in [-0.3, -0.25) is 0 Å². The number of halogens is 1. The van der Waals surface area contributed by atoms with E-state index < -0.39 is 0 Å². The molecule has 3 rings (SSSR count). The highest BCUT2D eigenvalue weighted by atomic mass is 79.9. The van der Waals surface area contributed by atoms with E-state index in [9.17, 15) is 0 Å². The highest BCUT2D eigenvalue weighted by Crippen LogP contribution is 2.34. The fourth-order valence-corrected chi connectivity index (χ4v) is 3.30. The largest absolute Gasteiger partial charge is 0.379 e.